The monoisotopic (exact) mass is 339 g/mol. The van der Waals surface area contributed by atoms with Crippen LogP contribution in [0.25, 0.3) is 0 Å². The fourth-order valence-corrected chi connectivity index (χ4v) is 2.49. The van der Waals surface area contributed by atoms with E-state index < -0.39 is 5.97 Å². The standard InChI is InChI=1S/C20H21NO4/c1-3-18(15-7-5-4-6-8-15)20(24)25-13-19(23)16-9-11-17(12-10-16)21-14(2)22/h4-12,18H,3,13H2,1-2H3,(H,21,22)/t18-/m1/s1. The van der Waals surface area contributed by atoms with E-state index in [1.54, 1.807) is 24.3 Å². The molecule has 0 radical (unpaired) electrons. The lowest BCUT2D eigenvalue weighted by Crippen LogP contribution is -2.20. The van der Waals surface area contributed by atoms with Gasteiger partial charge in [0, 0.05) is 18.2 Å². The van der Waals surface area contributed by atoms with Crippen molar-refractivity contribution in [3.8, 4) is 0 Å². The van der Waals surface area contributed by atoms with Gasteiger partial charge in [0.1, 0.15) is 0 Å². The summed E-state index contributed by atoms with van der Waals surface area (Å²) < 4.78 is 5.20. The molecule has 0 bridgehead atoms. The Morgan fingerprint density at radius 2 is 1.64 bits per heavy atom. The number of amides is 1. The summed E-state index contributed by atoms with van der Waals surface area (Å²) >= 11 is 0. The summed E-state index contributed by atoms with van der Waals surface area (Å²) in [6.07, 6.45) is 0.600. The summed E-state index contributed by atoms with van der Waals surface area (Å²) in [5, 5.41) is 2.63. The highest BCUT2D eigenvalue weighted by molar-refractivity contribution is 5.99. The van der Waals surface area contributed by atoms with Crippen molar-refractivity contribution in [2.24, 2.45) is 0 Å². The second-order valence-electron chi connectivity index (χ2n) is 5.66. The zero-order chi connectivity index (χ0) is 18.2. The number of hydrogen-bond donors (Lipinski definition) is 1. The van der Waals surface area contributed by atoms with E-state index in [0.29, 0.717) is 17.7 Å². The zero-order valence-corrected chi connectivity index (χ0v) is 14.3. The van der Waals surface area contributed by atoms with Gasteiger partial charge in [0.05, 0.1) is 5.92 Å². The lowest BCUT2D eigenvalue weighted by Gasteiger charge is -2.14. The van der Waals surface area contributed by atoms with E-state index in [1.165, 1.54) is 6.92 Å². The first-order valence-corrected chi connectivity index (χ1v) is 8.13. The second kappa shape index (κ2) is 8.78. The van der Waals surface area contributed by atoms with Crippen molar-refractivity contribution >= 4 is 23.3 Å². The first kappa shape index (κ1) is 18.4. The topological polar surface area (TPSA) is 72.5 Å². The van der Waals surface area contributed by atoms with E-state index in [2.05, 4.69) is 5.32 Å². The summed E-state index contributed by atoms with van der Waals surface area (Å²) in [7, 11) is 0. The number of carbonyl (C=O) groups excluding carboxylic acids is 3. The van der Waals surface area contributed by atoms with Gasteiger partial charge in [-0.1, -0.05) is 37.3 Å². The number of anilines is 1. The molecule has 5 nitrogen and oxygen atoms in total. The molecular formula is C20H21NO4. The van der Waals surface area contributed by atoms with Crippen LogP contribution in [-0.4, -0.2) is 24.3 Å². The first-order chi connectivity index (χ1) is 12.0. The molecule has 0 saturated heterocycles. The SMILES string of the molecule is CC[C@@H](C(=O)OCC(=O)c1ccc(NC(C)=O)cc1)c1ccccc1. The van der Waals surface area contributed by atoms with Gasteiger partial charge >= 0.3 is 5.97 Å². The molecule has 0 heterocycles. The number of carbonyl (C=O) groups is 3. The Kier molecular flexibility index (Phi) is 6.46. The van der Waals surface area contributed by atoms with Gasteiger partial charge in [0.15, 0.2) is 12.4 Å². The minimum atomic E-state index is -0.406. The van der Waals surface area contributed by atoms with Crippen molar-refractivity contribution in [1.29, 1.82) is 0 Å². The van der Waals surface area contributed by atoms with Crippen LogP contribution in [0, 0.1) is 0 Å². The van der Waals surface area contributed by atoms with Gasteiger partial charge < -0.3 is 10.1 Å². The summed E-state index contributed by atoms with van der Waals surface area (Å²) in [6, 6.07) is 15.8. The second-order valence-corrected chi connectivity index (χ2v) is 5.66. The maximum Gasteiger partial charge on any atom is 0.313 e. The molecule has 25 heavy (non-hydrogen) atoms. The van der Waals surface area contributed by atoms with Crippen LogP contribution in [0.1, 0.15) is 42.1 Å². The fraction of sp³-hybridized carbons (Fsp3) is 0.250. The molecule has 0 unspecified atom stereocenters. The van der Waals surface area contributed by atoms with Crippen molar-refractivity contribution in [1.82, 2.24) is 0 Å². The van der Waals surface area contributed by atoms with Crippen molar-refractivity contribution in [3.63, 3.8) is 0 Å². The van der Waals surface area contributed by atoms with Gasteiger partial charge in [-0.3, -0.25) is 14.4 Å². The lowest BCUT2D eigenvalue weighted by molar-refractivity contribution is -0.144. The molecule has 1 atom stereocenters. The number of benzene rings is 2. The molecular weight excluding hydrogens is 318 g/mol. The summed E-state index contributed by atoms with van der Waals surface area (Å²) in [5.74, 6) is -1.25. The molecule has 2 aromatic rings. The third kappa shape index (κ3) is 5.28. The van der Waals surface area contributed by atoms with Gasteiger partial charge in [-0.2, -0.15) is 0 Å². The van der Waals surface area contributed by atoms with Crippen LogP contribution in [-0.2, 0) is 14.3 Å². The zero-order valence-electron chi connectivity index (χ0n) is 14.3. The molecule has 5 heteroatoms. The molecule has 1 N–H and O–H groups in total. The lowest BCUT2D eigenvalue weighted by atomic mass is 9.97. The Bertz CT molecular complexity index is 738. The molecule has 130 valence electrons. The third-order valence-electron chi connectivity index (χ3n) is 3.77. The Hall–Kier alpha value is -2.95. The van der Waals surface area contributed by atoms with Crippen LogP contribution in [0.2, 0.25) is 0 Å². The normalized spacial score (nSPS) is 11.4. The number of ether oxygens (including phenoxy) is 1. The summed E-state index contributed by atoms with van der Waals surface area (Å²) in [4.78, 5) is 35.4. The van der Waals surface area contributed by atoms with Crippen LogP contribution in [0.3, 0.4) is 0 Å². The van der Waals surface area contributed by atoms with Crippen molar-refractivity contribution in [2.75, 3.05) is 11.9 Å². The summed E-state index contributed by atoms with van der Waals surface area (Å²) in [5.41, 5.74) is 1.91. The Labute approximate surface area is 147 Å². The van der Waals surface area contributed by atoms with Gasteiger partial charge in [-0.25, -0.2) is 0 Å². The molecule has 1 amide bonds. The molecule has 0 aromatic heterocycles. The number of esters is 1. The van der Waals surface area contributed by atoms with Gasteiger partial charge in [-0.15, -0.1) is 0 Å². The van der Waals surface area contributed by atoms with Crippen LogP contribution in [0.15, 0.2) is 54.6 Å². The molecule has 2 aromatic carbocycles. The van der Waals surface area contributed by atoms with E-state index in [-0.39, 0.29) is 24.2 Å². The first-order valence-electron chi connectivity index (χ1n) is 8.13. The highest BCUT2D eigenvalue weighted by Gasteiger charge is 2.21. The molecule has 2 rings (SSSR count). The molecule has 0 spiro atoms. The highest BCUT2D eigenvalue weighted by Crippen LogP contribution is 2.21. The molecule has 0 aliphatic carbocycles. The van der Waals surface area contributed by atoms with Crippen LogP contribution in [0.5, 0.6) is 0 Å². The minimum absolute atomic E-state index is 0.181. The third-order valence-corrected chi connectivity index (χ3v) is 3.77. The quantitative estimate of drug-likeness (QED) is 0.618. The van der Waals surface area contributed by atoms with Crippen LogP contribution < -0.4 is 5.32 Å². The number of rotatable bonds is 7. The molecule has 0 aliphatic rings. The number of ketones is 1. The number of hydrogen-bond acceptors (Lipinski definition) is 4. The van der Waals surface area contributed by atoms with Gasteiger partial charge in [0.2, 0.25) is 5.91 Å². The maximum absolute atomic E-state index is 12.3. The largest absolute Gasteiger partial charge is 0.457 e. The molecule has 0 aliphatic heterocycles. The van der Waals surface area contributed by atoms with Crippen LogP contribution >= 0.6 is 0 Å². The highest BCUT2D eigenvalue weighted by atomic mass is 16.5. The average molecular weight is 339 g/mol. The van der Waals surface area contributed by atoms with E-state index in [9.17, 15) is 14.4 Å². The average Bonchev–Trinajstić information content (AvgIpc) is 2.61. The van der Waals surface area contributed by atoms with E-state index in [0.717, 1.165) is 5.56 Å². The number of Topliss-reactive ketones (excluding diaryl/α,β-unsaturated/α-hetero) is 1. The Morgan fingerprint density at radius 3 is 2.20 bits per heavy atom. The van der Waals surface area contributed by atoms with E-state index in [1.807, 2.05) is 37.3 Å². The summed E-state index contributed by atoms with van der Waals surface area (Å²) in [6.45, 7) is 3.01. The Morgan fingerprint density at radius 1 is 1.00 bits per heavy atom. The van der Waals surface area contributed by atoms with Crippen molar-refractivity contribution < 1.29 is 19.1 Å². The predicted octanol–water partition coefficient (Wildman–Crippen LogP) is 3.56. The van der Waals surface area contributed by atoms with Crippen LogP contribution in [0.4, 0.5) is 5.69 Å². The minimum Gasteiger partial charge on any atom is -0.457 e. The van der Waals surface area contributed by atoms with E-state index in [4.69, 9.17) is 4.74 Å². The molecule has 0 saturated carbocycles. The fourth-order valence-electron chi connectivity index (χ4n) is 2.49. The van der Waals surface area contributed by atoms with Gasteiger partial charge in [0.25, 0.3) is 0 Å². The maximum atomic E-state index is 12.3. The van der Waals surface area contributed by atoms with Crippen molar-refractivity contribution in [3.05, 3.63) is 65.7 Å². The molecule has 0 fully saturated rings. The smallest absolute Gasteiger partial charge is 0.313 e. The van der Waals surface area contributed by atoms with Gasteiger partial charge in [-0.05, 0) is 36.2 Å². The Balaban J connectivity index is 1.94. The van der Waals surface area contributed by atoms with E-state index >= 15 is 0 Å². The predicted molar refractivity (Wildman–Crippen MR) is 95.5 cm³/mol. The number of nitrogens with one attached hydrogen (secondary N) is 1. The van der Waals surface area contributed by atoms with Crippen molar-refractivity contribution in [2.45, 2.75) is 26.2 Å².